The molecule has 0 fully saturated rings. The lowest BCUT2D eigenvalue weighted by Gasteiger charge is -2.06. The van der Waals surface area contributed by atoms with Gasteiger partial charge in [0.1, 0.15) is 18.2 Å². The van der Waals surface area contributed by atoms with E-state index in [9.17, 15) is 13.6 Å². The van der Waals surface area contributed by atoms with Crippen molar-refractivity contribution >= 4 is 21.9 Å². The van der Waals surface area contributed by atoms with Gasteiger partial charge >= 0.3 is 5.97 Å². The zero-order valence-electron chi connectivity index (χ0n) is 9.70. The van der Waals surface area contributed by atoms with Gasteiger partial charge in [0.2, 0.25) is 0 Å². The Kier molecular flexibility index (Phi) is 4.27. The Labute approximate surface area is 117 Å². The van der Waals surface area contributed by atoms with Gasteiger partial charge in [0.05, 0.1) is 5.56 Å². The van der Waals surface area contributed by atoms with Crippen LogP contribution in [-0.4, -0.2) is 5.97 Å². The van der Waals surface area contributed by atoms with Gasteiger partial charge in [0, 0.05) is 4.47 Å². The van der Waals surface area contributed by atoms with Crippen LogP contribution in [0.5, 0.6) is 0 Å². The molecule has 0 aliphatic carbocycles. The van der Waals surface area contributed by atoms with Gasteiger partial charge in [-0.1, -0.05) is 12.1 Å². The van der Waals surface area contributed by atoms with Gasteiger partial charge in [0.15, 0.2) is 0 Å². The van der Waals surface area contributed by atoms with Crippen LogP contribution in [-0.2, 0) is 11.3 Å². The van der Waals surface area contributed by atoms with Crippen molar-refractivity contribution in [2.45, 2.75) is 6.61 Å². The Morgan fingerprint density at radius 1 is 1.05 bits per heavy atom. The summed E-state index contributed by atoms with van der Waals surface area (Å²) in [4.78, 5) is 11.8. The number of hydrogen-bond donors (Lipinski definition) is 0. The normalized spacial score (nSPS) is 10.3. The summed E-state index contributed by atoms with van der Waals surface area (Å²) in [5.41, 5.74) is 0.768. The minimum Gasteiger partial charge on any atom is -0.457 e. The summed E-state index contributed by atoms with van der Waals surface area (Å²) in [6, 6.07) is 9.36. The van der Waals surface area contributed by atoms with Crippen molar-refractivity contribution in [3.8, 4) is 0 Å². The van der Waals surface area contributed by atoms with E-state index in [2.05, 4.69) is 15.9 Å². The summed E-state index contributed by atoms with van der Waals surface area (Å²) >= 11 is 3.15. The zero-order valence-corrected chi connectivity index (χ0v) is 11.3. The second-order valence-electron chi connectivity index (χ2n) is 3.83. The molecule has 2 nitrogen and oxygen atoms in total. The second-order valence-corrected chi connectivity index (χ2v) is 4.68. The first-order valence-electron chi connectivity index (χ1n) is 5.43. The van der Waals surface area contributed by atoms with Crippen LogP contribution in [0.3, 0.4) is 0 Å². The van der Waals surface area contributed by atoms with Gasteiger partial charge in [-0.2, -0.15) is 0 Å². The molecular formula is C14H9BrF2O2. The second kappa shape index (κ2) is 5.93. The zero-order chi connectivity index (χ0) is 13.8. The molecule has 0 atom stereocenters. The Bertz CT molecular complexity index is 597. The van der Waals surface area contributed by atoms with Gasteiger partial charge in [-0.05, 0) is 51.8 Å². The summed E-state index contributed by atoms with van der Waals surface area (Å²) in [6.07, 6.45) is 0. The smallest absolute Gasteiger partial charge is 0.339 e. The van der Waals surface area contributed by atoms with E-state index in [1.807, 2.05) is 0 Å². The summed E-state index contributed by atoms with van der Waals surface area (Å²) in [5.74, 6) is -1.52. The summed E-state index contributed by atoms with van der Waals surface area (Å²) in [5, 5.41) is 0. The molecule has 0 spiro atoms. The van der Waals surface area contributed by atoms with Crippen molar-refractivity contribution in [1.29, 1.82) is 0 Å². The minimum absolute atomic E-state index is 0.00205. The average Bonchev–Trinajstić information content (AvgIpc) is 2.40. The maximum Gasteiger partial charge on any atom is 0.339 e. The van der Waals surface area contributed by atoms with Crippen LogP contribution < -0.4 is 0 Å². The van der Waals surface area contributed by atoms with Crippen LogP contribution >= 0.6 is 15.9 Å². The molecule has 0 amide bonds. The number of carbonyl (C=O) groups excluding carboxylic acids is 1. The fourth-order valence-corrected chi connectivity index (χ4v) is 1.87. The van der Waals surface area contributed by atoms with Gasteiger partial charge in [0.25, 0.3) is 0 Å². The molecule has 98 valence electrons. The third kappa shape index (κ3) is 3.61. The number of carbonyl (C=O) groups is 1. The first-order chi connectivity index (χ1) is 9.06. The molecule has 0 radical (unpaired) electrons. The molecule has 0 unspecified atom stereocenters. The lowest BCUT2D eigenvalue weighted by molar-refractivity contribution is 0.0471. The lowest BCUT2D eigenvalue weighted by atomic mass is 10.2. The number of ether oxygens (including phenoxy) is 1. The average molecular weight is 327 g/mol. The van der Waals surface area contributed by atoms with Crippen LogP contribution in [0.15, 0.2) is 46.9 Å². The molecule has 0 saturated carbocycles. The molecule has 0 N–H and O–H groups in total. The summed E-state index contributed by atoms with van der Waals surface area (Å²) in [7, 11) is 0. The third-order valence-electron chi connectivity index (χ3n) is 2.43. The van der Waals surface area contributed by atoms with E-state index in [0.717, 1.165) is 6.07 Å². The Morgan fingerprint density at radius 3 is 2.37 bits per heavy atom. The number of hydrogen-bond acceptors (Lipinski definition) is 2. The molecule has 2 aromatic carbocycles. The fourth-order valence-electron chi connectivity index (χ4n) is 1.46. The van der Waals surface area contributed by atoms with E-state index >= 15 is 0 Å². The van der Waals surface area contributed by atoms with Crippen LogP contribution in [0.4, 0.5) is 8.78 Å². The van der Waals surface area contributed by atoms with E-state index in [0.29, 0.717) is 10.0 Å². The predicted molar refractivity (Wildman–Crippen MR) is 69.6 cm³/mol. The van der Waals surface area contributed by atoms with Gasteiger partial charge in [-0.3, -0.25) is 0 Å². The summed E-state index contributed by atoms with van der Waals surface area (Å²) < 4.78 is 31.2. The maximum absolute atomic E-state index is 13.0. The van der Waals surface area contributed by atoms with E-state index in [1.54, 1.807) is 0 Å². The molecule has 5 heteroatoms. The maximum atomic E-state index is 13.0. The van der Waals surface area contributed by atoms with Gasteiger partial charge < -0.3 is 4.74 Å². The highest BCUT2D eigenvalue weighted by Gasteiger charge is 2.12. The van der Waals surface area contributed by atoms with E-state index in [4.69, 9.17) is 4.74 Å². The molecule has 2 rings (SSSR count). The standard InChI is InChI=1S/C14H9BrF2O2/c15-13-6-5-11(17)7-12(13)14(18)19-8-9-1-3-10(16)4-2-9/h1-7H,8H2. The number of benzene rings is 2. The largest absolute Gasteiger partial charge is 0.457 e. The molecule has 0 saturated heterocycles. The van der Waals surface area contributed by atoms with Gasteiger partial charge in [-0.15, -0.1) is 0 Å². The predicted octanol–water partition coefficient (Wildman–Crippen LogP) is 4.08. The van der Waals surface area contributed by atoms with Crippen LogP contribution in [0.25, 0.3) is 0 Å². The highest BCUT2D eigenvalue weighted by atomic mass is 79.9. The molecule has 0 aliphatic heterocycles. The number of esters is 1. The van der Waals surface area contributed by atoms with E-state index in [1.165, 1.54) is 36.4 Å². The Morgan fingerprint density at radius 2 is 1.68 bits per heavy atom. The van der Waals surface area contributed by atoms with Crippen molar-refractivity contribution < 1.29 is 18.3 Å². The topological polar surface area (TPSA) is 26.3 Å². The van der Waals surface area contributed by atoms with Crippen LogP contribution in [0, 0.1) is 11.6 Å². The Balaban J connectivity index is 2.05. The van der Waals surface area contributed by atoms with Crippen molar-refractivity contribution in [2.24, 2.45) is 0 Å². The van der Waals surface area contributed by atoms with Crippen molar-refractivity contribution in [3.05, 3.63) is 69.7 Å². The van der Waals surface area contributed by atoms with Gasteiger partial charge in [-0.25, -0.2) is 13.6 Å². The minimum atomic E-state index is -0.643. The molecule has 0 aromatic heterocycles. The van der Waals surface area contributed by atoms with E-state index < -0.39 is 11.8 Å². The fraction of sp³-hybridized carbons (Fsp3) is 0.0714. The quantitative estimate of drug-likeness (QED) is 0.794. The molecule has 19 heavy (non-hydrogen) atoms. The molecule has 0 aliphatic rings. The number of rotatable bonds is 3. The monoisotopic (exact) mass is 326 g/mol. The summed E-state index contributed by atoms with van der Waals surface area (Å²) in [6.45, 7) is 0.00205. The van der Waals surface area contributed by atoms with Crippen molar-refractivity contribution in [1.82, 2.24) is 0 Å². The van der Waals surface area contributed by atoms with Crippen LogP contribution in [0.2, 0.25) is 0 Å². The van der Waals surface area contributed by atoms with E-state index in [-0.39, 0.29) is 18.0 Å². The molecule has 2 aromatic rings. The highest BCUT2D eigenvalue weighted by Crippen LogP contribution is 2.19. The highest BCUT2D eigenvalue weighted by molar-refractivity contribution is 9.10. The van der Waals surface area contributed by atoms with Crippen molar-refractivity contribution in [3.63, 3.8) is 0 Å². The first-order valence-corrected chi connectivity index (χ1v) is 6.22. The third-order valence-corrected chi connectivity index (χ3v) is 3.12. The molecule has 0 bridgehead atoms. The molecular weight excluding hydrogens is 318 g/mol. The van der Waals surface area contributed by atoms with Crippen molar-refractivity contribution in [2.75, 3.05) is 0 Å². The van der Waals surface area contributed by atoms with Crippen LogP contribution in [0.1, 0.15) is 15.9 Å². The number of halogens is 3. The first kappa shape index (κ1) is 13.7. The molecule has 0 heterocycles. The SMILES string of the molecule is O=C(OCc1ccc(F)cc1)c1cc(F)ccc1Br. The Hall–Kier alpha value is -1.75. The lowest BCUT2D eigenvalue weighted by Crippen LogP contribution is -2.06.